The van der Waals surface area contributed by atoms with E-state index >= 15 is 0 Å². The lowest BCUT2D eigenvalue weighted by molar-refractivity contribution is 0.313. The highest BCUT2D eigenvalue weighted by atomic mass is 32.2. The van der Waals surface area contributed by atoms with E-state index in [0.29, 0.717) is 18.1 Å². The van der Waals surface area contributed by atoms with Crippen molar-refractivity contribution in [1.29, 1.82) is 0 Å². The second-order valence-corrected chi connectivity index (χ2v) is 6.58. The first-order valence-corrected chi connectivity index (χ1v) is 8.55. The molecule has 0 spiro atoms. The van der Waals surface area contributed by atoms with E-state index in [1.165, 1.54) is 0 Å². The molecule has 0 saturated carbocycles. The van der Waals surface area contributed by atoms with Crippen LogP contribution < -0.4 is 4.74 Å². The fourth-order valence-electron chi connectivity index (χ4n) is 2.69. The molecule has 0 aliphatic carbocycles. The highest BCUT2D eigenvalue weighted by Crippen LogP contribution is 2.43. The summed E-state index contributed by atoms with van der Waals surface area (Å²) in [6.07, 6.45) is 6.08. The molecule has 1 saturated heterocycles. The predicted octanol–water partition coefficient (Wildman–Crippen LogP) is 5.51. The molecule has 1 aliphatic heterocycles. The first-order chi connectivity index (χ1) is 10.2. The lowest BCUT2D eigenvalue weighted by Crippen LogP contribution is -2.14. The van der Waals surface area contributed by atoms with Crippen LogP contribution in [-0.4, -0.2) is 12.4 Å². The minimum atomic E-state index is -0.858. The van der Waals surface area contributed by atoms with Crippen LogP contribution in [0.5, 0.6) is 5.75 Å². The summed E-state index contributed by atoms with van der Waals surface area (Å²) in [6, 6.07) is 3.22. The standard InChI is InChI=1S/C17H22F2OS/c1-3-5-6-12-7-10-15(21-11-12)13-8-9-14(20-4-2)17(19)16(13)18/h3,8-9,12,15H,1,4-7,10-11H2,2H3/t12?,15-/m0/s1. The second-order valence-electron chi connectivity index (χ2n) is 5.35. The van der Waals surface area contributed by atoms with Crippen LogP contribution in [0.15, 0.2) is 24.8 Å². The van der Waals surface area contributed by atoms with Gasteiger partial charge in [-0.1, -0.05) is 12.1 Å². The molecule has 1 aromatic rings. The third-order valence-corrected chi connectivity index (χ3v) is 5.43. The van der Waals surface area contributed by atoms with E-state index in [1.807, 2.05) is 6.08 Å². The summed E-state index contributed by atoms with van der Waals surface area (Å²) in [6.45, 7) is 5.83. The van der Waals surface area contributed by atoms with Gasteiger partial charge in [0, 0.05) is 10.8 Å². The average molecular weight is 312 g/mol. The lowest BCUT2D eigenvalue weighted by atomic mass is 9.95. The Kier molecular flexibility index (Phi) is 6.09. The van der Waals surface area contributed by atoms with E-state index in [4.69, 9.17) is 4.74 Å². The van der Waals surface area contributed by atoms with E-state index in [9.17, 15) is 8.78 Å². The number of ether oxygens (including phenoxy) is 1. The molecule has 2 rings (SSSR count). The van der Waals surface area contributed by atoms with Crippen molar-refractivity contribution >= 4 is 11.8 Å². The molecule has 0 aromatic heterocycles. The fourth-order valence-corrected chi connectivity index (χ4v) is 4.20. The molecule has 1 unspecified atom stereocenters. The number of hydrogen-bond donors (Lipinski definition) is 0. The van der Waals surface area contributed by atoms with E-state index in [0.717, 1.165) is 31.4 Å². The van der Waals surface area contributed by atoms with Crippen LogP contribution in [0.25, 0.3) is 0 Å². The smallest absolute Gasteiger partial charge is 0.200 e. The van der Waals surface area contributed by atoms with Crippen LogP contribution in [-0.2, 0) is 0 Å². The van der Waals surface area contributed by atoms with Crippen molar-refractivity contribution in [3.05, 3.63) is 42.0 Å². The van der Waals surface area contributed by atoms with Crippen molar-refractivity contribution in [2.45, 2.75) is 37.9 Å². The maximum Gasteiger partial charge on any atom is 0.200 e. The summed E-state index contributed by atoms with van der Waals surface area (Å²) in [4.78, 5) is 0. The highest BCUT2D eigenvalue weighted by Gasteiger charge is 2.26. The van der Waals surface area contributed by atoms with Gasteiger partial charge < -0.3 is 4.74 Å². The zero-order valence-corrected chi connectivity index (χ0v) is 13.2. The monoisotopic (exact) mass is 312 g/mol. The van der Waals surface area contributed by atoms with Gasteiger partial charge in [-0.3, -0.25) is 0 Å². The maximum atomic E-state index is 14.2. The quantitative estimate of drug-likeness (QED) is 0.640. The minimum absolute atomic E-state index is 0.00317. The summed E-state index contributed by atoms with van der Waals surface area (Å²) in [5.41, 5.74) is 0.475. The third kappa shape index (κ3) is 4.00. The van der Waals surface area contributed by atoms with Crippen LogP contribution in [0.1, 0.15) is 43.4 Å². The Balaban J connectivity index is 2.03. The van der Waals surface area contributed by atoms with Gasteiger partial charge in [-0.15, -0.1) is 6.58 Å². The van der Waals surface area contributed by atoms with Gasteiger partial charge in [0.1, 0.15) is 0 Å². The Morgan fingerprint density at radius 1 is 1.33 bits per heavy atom. The van der Waals surface area contributed by atoms with Crippen LogP contribution in [0, 0.1) is 17.6 Å². The normalized spacial score (nSPS) is 22.0. The van der Waals surface area contributed by atoms with Crippen molar-refractivity contribution in [3.63, 3.8) is 0 Å². The van der Waals surface area contributed by atoms with Crippen LogP contribution in [0.2, 0.25) is 0 Å². The Hall–Kier alpha value is -1.03. The van der Waals surface area contributed by atoms with Crippen molar-refractivity contribution in [3.8, 4) is 5.75 Å². The van der Waals surface area contributed by atoms with Gasteiger partial charge in [0.25, 0.3) is 0 Å². The van der Waals surface area contributed by atoms with Crippen molar-refractivity contribution in [1.82, 2.24) is 0 Å². The molecule has 0 amide bonds. The topological polar surface area (TPSA) is 9.23 Å². The summed E-state index contributed by atoms with van der Waals surface area (Å²) < 4.78 is 33.2. The Labute approximate surface area is 129 Å². The number of halogens is 2. The summed E-state index contributed by atoms with van der Waals surface area (Å²) in [5.74, 6) is 0.0715. The number of benzene rings is 1. The number of allylic oxidation sites excluding steroid dienone is 1. The first-order valence-electron chi connectivity index (χ1n) is 7.50. The molecular weight excluding hydrogens is 290 g/mol. The van der Waals surface area contributed by atoms with E-state index in [-0.39, 0.29) is 11.0 Å². The molecule has 4 heteroatoms. The Morgan fingerprint density at radius 2 is 2.14 bits per heavy atom. The second kappa shape index (κ2) is 7.83. The van der Waals surface area contributed by atoms with E-state index in [2.05, 4.69) is 6.58 Å². The largest absolute Gasteiger partial charge is 0.491 e. The van der Waals surface area contributed by atoms with Gasteiger partial charge in [-0.2, -0.15) is 16.2 Å². The van der Waals surface area contributed by atoms with Gasteiger partial charge in [-0.05, 0) is 50.3 Å². The van der Waals surface area contributed by atoms with Crippen molar-refractivity contribution in [2.75, 3.05) is 12.4 Å². The zero-order chi connectivity index (χ0) is 15.2. The maximum absolute atomic E-state index is 14.2. The molecule has 0 bridgehead atoms. The zero-order valence-electron chi connectivity index (χ0n) is 12.4. The molecule has 21 heavy (non-hydrogen) atoms. The average Bonchev–Trinajstić information content (AvgIpc) is 2.51. The summed E-state index contributed by atoms with van der Waals surface area (Å²) in [7, 11) is 0. The lowest BCUT2D eigenvalue weighted by Gasteiger charge is -2.28. The van der Waals surface area contributed by atoms with E-state index in [1.54, 1.807) is 30.8 Å². The predicted molar refractivity (Wildman–Crippen MR) is 84.9 cm³/mol. The summed E-state index contributed by atoms with van der Waals surface area (Å²) >= 11 is 1.74. The highest BCUT2D eigenvalue weighted by molar-refractivity contribution is 7.99. The van der Waals surface area contributed by atoms with Gasteiger partial charge in [0.15, 0.2) is 11.6 Å². The first kappa shape index (κ1) is 16.3. The SMILES string of the molecule is C=CCCC1CC[C@@H](c2ccc(OCC)c(F)c2F)SC1. The molecule has 1 aliphatic rings. The molecule has 1 nitrogen and oxygen atoms in total. The van der Waals surface area contributed by atoms with Crippen LogP contribution in [0.3, 0.4) is 0 Å². The van der Waals surface area contributed by atoms with Gasteiger partial charge in [0.2, 0.25) is 5.82 Å². The number of hydrogen-bond acceptors (Lipinski definition) is 2. The molecular formula is C17H22F2OS. The number of thioether (sulfide) groups is 1. The molecule has 2 atom stereocenters. The molecule has 116 valence electrons. The molecule has 1 heterocycles. The van der Waals surface area contributed by atoms with Gasteiger partial charge in [-0.25, -0.2) is 4.39 Å². The van der Waals surface area contributed by atoms with E-state index < -0.39 is 11.6 Å². The fraction of sp³-hybridized carbons (Fsp3) is 0.529. The molecule has 1 fully saturated rings. The molecule has 0 N–H and O–H groups in total. The Bertz CT molecular complexity index is 482. The number of rotatable bonds is 6. The molecule has 1 aromatic carbocycles. The van der Waals surface area contributed by atoms with Gasteiger partial charge >= 0.3 is 0 Å². The van der Waals surface area contributed by atoms with Crippen molar-refractivity contribution in [2.24, 2.45) is 5.92 Å². The Morgan fingerprint density at radius 3 is 2.76 bits per heavy atom. The summed E-state index contributed by atoms with van der Waals surface area (Å²) in [5, 5.41) is 0.0511. The third-order valence-electron chi connectivity index (χ3n) is 3.87. The minimum Gasteiger partial charge on any atom is -0.491 e. The van der Waals surface area contributed by atoms with Gasteiger partial charge in [0.05, 0.1) is 6.61 Å². The van der Waals surface area contributed by atoms with Crippen molar-refractivity contribution < 1.29 is 13.5 Å². The van der Waals surface area contributed by atoms with Crippen LogP contribution in [0.4, 0.5) is 8.78 Å². The van der Waals surface area contributed by atoms with Crippen LogP contribution >= 0.6 is 11.8 Å². The molecule has 0 radical (unpaired) electrons.